The Hall–Kier alpha value is -3.56. The van der Waals surface area contributed by atoms with Crippen molar-refractivity contribution in [3.05, 3.63) is 47.8 Å². The van der Waals surface area contributed by atoms with Gasteiger partial charge in [-0.3, -0.25) is 9.67 Å². The van der Waals surface area contributed by atoms with Gasteiger partial charge in [-0.1, -0.05) is 0 Å². The van der Waals surface area contributed by atoms with Crippen LogP contribution in [-0.2, 0) is 4.74 Å². The van der Waals surface area contributed by atoms with Crippen LogP contribution in [0.5, 0.6) is 0 Å². The van der Waals surface area contributed by atoms with Gasteiger partial charge in [0.25, 0.3) is 0 Å². The predicted molar refractivity (Wildman–Crippen MR) is 111 cm³/mol. The zero-order valence-corrected chi connectivity index (χ0v) is 17.6. The Kier molecular flexibility index (Phi) is 5.77. The van der Waals surface area contributed by atoms with E-state index in [1.165, 1.54) is 0 Å². The van der Waals surface area contributed by atoms with E-state index in [4.69, 9.17) is 9.84 Å². The number of nitrogens with zero attached hydrogens (tertiary/aromatic N) is 4. The number of hydrogen-bond donors (Lipinski definition) is 1. The Morgan fingerprint density at radius 1 is 1.12 bits per heavy atom. The summed E-state index contributed by atoms with van der Waals surface area (Å²) < 4.78 is 35.6. The molecule has 3 heterocycles. The van der Waals surface area contributed by atoms with Crippen LogP contribution in [0.4, 0.5) is 13.6 Å². The third-order valence-electron chi connectivity index (χ3n) is 5.45. The average molecular weight is 444 g/mol. The highest BCUT2D eigenvalue weighted by atomic mass is 19.1. The molecule has 3 aromatic rings. The Labute approximate surface area is 182 Å². The maximum absolute atomic E-state index is 14.4. The fourth-order valence-corrected chi connectivity index (χ4v) is 3.86. The first-order valence-corrected chi connectivity index (χ1v) is 10.3. The first-order chi connectivity index (χ1) is 15.2. The summed E-state index contributed by atoms with van der Waals surface area (Å²) in [4.78, 5) is 29.0. The third kappa shape index (κ3) is 4.12. The number of piperidine rings is 1. The zero-order valence-electron chi connectivity index (χ0n) is 17.6. The fourth-order valence-electron chi connectivity index (χ4n) is 3.86. The molecular formula is C22H22F2N4O4. The number of carboxylic acid groups (broad SMARTS) is 1. The molecule has 0 spiro atoms. The molecule has 32 heavy (non-hydrogen) atoms. The lowest BCUT2D eigenvalue weighted by molar-refractivity contribution is 0.0653. The monoisotopic (exact) mass is 444 g/mol. The molecule has 0 bridgehead atoms. The van der Waals surface area contributed by atoms with Crippen molar-refractivity contribution in [2.75, 3.05) is 13.1 Å². The summed E-state index contributed by atoms with van der Waals surface area (Å²) in [6.07, 6.45) is 4.07. The summed E-state index contributed by atoms with van der Waals surface area (Å²) in [5, 5.41) is 14.1. The molecule has 168 valence electrons. The third-order valence-corrected chi connectivity index (χ3v) is 5.45. The van der Waals surface area contributed by atoms with Gasteiger partial charge in [0.1, 0.15) is 11.6 Å². The van der Waals surface area contributed by atoms with Gasteiger partial charge in [0.05, 0.1) is 41.3 Å². The SMILES string of the molecule is CC(C)OC(=O)N1CCC(n2ncc3cc(-c4cc(F)c(C(=O)O)cc4F)ncc32)CC1. The first-order valence-electron chi connectivity index (χ1n) is 10.3. The number of fused-ring (bicyclic) bond motifs is 1. The summed E-state index contributed by atoms with van der Waals surface area (Å²) in [6, 6.07) is 3.14. The number of carbonyl (C=O) groups is 2. The molecule has 8 nitrogen and oxygen atoms in total. The summed E-state index contributed by atoms with van der Waals surface area (Å²) in [6.45, 7) is 4.71. The molecule has 1 aliphatic rings. The summed E-state index contributed by atoms with van der Waals surface area (Å²) in [7, 11) is 0. The van der Waals surface area contributed by atoms with Crippen LogP contribution in [0.15, 0.2) is 30.6 Å². The number of benzene rings is 1. The van der Waals surface area contributed by atoms with E-state index in [-0.39, 0.29) is 29.5 Å². The van der Waals surface area contributed by atoms with Crippen molar-refractivity contribution < 1.29 is 28.2 Å². The van der Waals surface area contributed by atoms with Crippen molar-refractivity contribution >= 4 is 23.0 Å². The minimum absolute atomic E-state index is 0.0623. The average Bonchev–Trinajstić information content (AvgIpc) is 3.17. The van der Waals surface area contributed by atoms with Crippen molar-refractivity contribution in [1.82, 2.24) is 19.7 Å². The van der Waals surface area contributed by atoms with Gasteiger partial charge in [0, 0.05) is 24.0 Å². The lowest BCUT2D eigenvalue weighted by atomic mass is 10.0. The number of amides is 1. The molecule has 0 saturated carbocycles. The van der Waals surface area contributed by atoms with Crippen molar-refractivity contribution in [2.45, 2.75) is 38.8 Å². The van der Waals surface area contributed by atoms with Crippen LogP contribution in [-0.4, -0.2) is 56.0 Å². The number of aromatic carboxylic acids is 1. The van der Waals surface area contributed by atoms with E-state index in [9.17, 15) is 18.4 Å². The van der Waals surface area contributed by atoms with Crippen LogP contribution in [0.1, 0.15) is 43.1 Å². The van der Waals surface area contributed by atoms with Crippen LogP contribution >= 0.6 is 0 Å². The quantitative estimate of drug-likeness (QED) is 0.646. The second-order valence-electron chi connectivity index (χ2n) is 7.99. The maximum atomic E-state index is 14.4. The van der Waals surface area contributed by atoms with E-state index < -0.39 is 23.2 Å². The molecule has 1 amide bonds. The van der Waals surface area contributed by atoms with Crippen LogP contribution in [0.2, 0.25) is 0 Å². The molecule has 0 atom stereocenters. The van der Waals surface area contributed by atoms with Crippen molar-refractivity contribution in [3.8, 4) is 11.3 Å². The Morgan fingerprint density at radius 3 is 2.50 bits per heavy atom. The van der Waals surface area contributed by atoms with E-state index in [1.54, 1.807) is 23.4 Å². The molecule has 10 heteroatoms. The van der Waals surface area contributed by atoms with Gasteiger partial charge in [0.2, 0.25) is 0 Å². The normalized spacial score (nSPS) is 14.8. The van der Waals surface area contributed by atoms with Gasteiger partial charge in [-0.05, 0) is 44.9 Å². The van der Waals surface area contributed by atoms with Crippen molar-refractivity contribution in [3.63, 3.8) is 0 Å². The van der Waals surface area contributed by atoms with Gasteiger partial charge >= 0.3 is 12.1 Å². The van der Waals surface area contributed by atoms with Crippen molar-refractivity contribution in [1.29, 1.82) is 0 Å². The van der Waals surface area contributed by atoms with Crippen molar-refractivity contribution in [2.24, 2.45) is 0 Å². The summed E-state index contributed by atoms with van der Waals surface area (Å²) in [5.41, 5.74) is 0.0551. The molecule has 0 aliphatic carbocycles. The molecule has 1 aromatic carbocycles. The molecule has 1 aliphatic heterocycles. The van der Waals surface area contributed by atoms with E-state index in [1.807, 2.05) is 18.5 Å². The summed E-state index contributed by atoms with van der Waals surface area (Å²) in [5.74, 6) is -3.45. The van der Waals surface area contributed by atoms with Crippen LogP contribution in [0.3, 0.4) is 0 Å². The number of halogens is 2. The lowest BCUT2D eigenvalue weighted by Crippen LogP contribution is -2.40. The summed E-state index contributed by atoms with van der Waals surface area (Å²) >= 11 is 0. The number of aromatic nitrogens is 3. The molecular weight excluding hydrogens is 422 g/mol. The number of pyridine rings is 1. The van der Waals surface area contributed by atoms with Crippen LogP contribution < -0.4 is 0 Å². The largest absolute Gasteiger partial charge is 0.478 e. The van der Waals surface area contributed by atoms with Crippen LogP contribution in [0, 0.1) is 11.6 Å². The Bertz CT molecular complexity index is 1190. The number of rotatable bonds is 4. The second-order valence-corrected chi connectivity index (χ2v) is 7.99. The van der Waals surface area contributed by atoms with Gasteiger partial charge in [-0.25, -0.2) is 18.4 Å². The minimum Gasteiger partial charge on any atom is -0.478 e. The van der Waals surface area contributed by atoms with Gasteiger partial charge in [-0.15, -0.1) is 0 Å². The second kappa shape index (κ2) is 8.52. The molecule has 1 N–H and O–H groups in total. The molecule has 1 saturated heterocycles. The number of carbonyl (C=O) groups excluding carboxylic acids is 1. The van der Waals surface area contributed by atoms with E-state index >= 15 is 0 Å². The van der Waals surface area contributed by atoms with Crippen LogP contribution in [0.25, 0.3) is 22.2 Å². The first kappa shape index (κ1) is 21.7. The highest BCUT2D eigenvalue weighted by Gasteiger charge is 2.27. The number of carboxylic acids is 1. The molecule has 2 aromatic heterocycles. The predicted octanol–water partition coefficient (Wildman–Crippen LogP) is 4.26. The Balaban J connectivity index is 1.55. The topological polar surface area (TPSA) is 97.6 Å². The number of likely N-dealkylation sites (tertiary alicyclic amines) is 1. The van der Waals surface area contributed by atoms with E-state index in [2.05, 4.69) is 10.1 Å². The van der Waals surface area contributed by atoms with E-state index in [0.29, 0.717) is 37.4 Å². The van der Waals surface area contributed by atoms with Gasteiger partial charge in [0.15, 0.2) is 0 Å². The van der Waals surface area contributed by atoms with Gasteiger partial charge in [-0.2, -0.15) is 5.10 Å². The lowest BCUT2D eigenvalue weighted by Gasteiger charge is -2.32. The molecule has 0 unspecified atom stereocenters. The Morgan fingerprint density at radius 2 is 1.84 bits per heavy atom. The highest BCUT2D eigenvalue weighted by molar-refractivity contribution is 5.89. The van der Waals surface area contributed by atoms with E-state index in [0.717, 1.165) is 11.6 Å². The maximum Gasteiger partial charge on any atom is 0.410 e. The fraction of sp³-hybridized carbons (Fsp3) is 0.364. The molecule has 0 radical (unpaired) electrons. The molecule has 4 rings (SSSR count). The van der Waals surface area contributed by atoms with Gasteiger partial charge < -0.3 is 14.7 Å². The smallest absolute Gasteiger partial charge is 0.410 e. The standard InChI is InChI=1S/C22H22F2N4O4/c1-12(2)32-22(31)27-5-3-14(4-6-27)28-20-11-25-19(7-13(20)10-26-28)15-8-18(24)16(21(29)30)9-17(15)23/h7-12,14H,3-6H2,1-2H3,(H,29,30). The highest BCUT2D eigenvalue weighted by Crippen LogP contribution is 2.30. The zero-order chi connectivity index (χ0) is 23.0. The minimum atomic E-state index is -1.54. The molecule has 1 fully saturated rings. The number of hydrogen-bond acceptors (Lipinski definition) is 5. The number of ether oxygens (including phenoxy) is 1.